The molecule has 0 radical (unpaired) electrons. The van der Waals surface area contributed by atoms with E-state index >= 15 is 0 Å². The van der Waals surface area contributed by atoms with Crippen molar-refractivity contribution in [3.8, 4) is 5.75 Å². The average molecular weight is 326 g/mol. The predicted molar refractivity (Wildman–Crippen MR) is 94.2 cm³/mol. The molecule has 1 N–H and O–H groups in total. The molecule has 0 bridgehead atoms. The maximum Gasteiger partial charge on any atom is 0.273 e. The van der Waals surface area contributed by atoms with Gasteiger partial charge in [0.05, 0.1) is 12.3 Å². The van der Waals surface area contributed by atoms with E-state index in [9.17, 15) is 4.79 Å². The number of hydrogen-bond acceptors (Lipinski definition) is 4. The lowest BCUT2D eigenvalue weighted by molar-refractivity contribution is -0.131. The number of ether oxygens (including phenoxy) is 2. The minimum Gasteiger partial charge on any atom is -0.494 e. The first-order valence-electron chi connectivity index (χ1n) is 7.80. The van der Waals surface area contributed by atoms with Gasteiger partial charge in [-0.05, 0) is 49.2 Å². The molecular weight excluding hydrogens is 304 g/mol. The minimum atomic E-state index is -0.692. The van der Waals surface area contributed by atoms with Crippen LogP contribution in [0.25, 0.3) is 0 Å². The van der Waals surface area contributed by atoms with Gasteiger partial charge in [-0.2, -0.15) is 5.10 Å². The molecule has 0 aromatic heterocycles. The normalized spacial score (nSPS) is 12.5. The molecule has 0 saturated heterocycles. The standard InChI is InChI=1S/C19H22N2O3/c1-4-24-17-12-10-15(11-13-17)14(2)20-21-19(22)18(23-3)16-8-6-5-7-9-16/h5-13,18H,4H2,1-3H3,(H,21,22)/b20-14+. The van der Waals surface area contributed by atoms with Crippen LogP contribution in [0.3, 0.4) is 0 Å². The first-order valence-corrected chi connectivity index (χ1v) is 7.80. The Bertz CT molecular complexity index is 682. The number of carbonyl (C=O) groups excluding carboxylic acids is 1. The van der Waals surface area contributed by atoms with Crippen molar-refractivity contribution in [2.45, 2.75) is 20.0 Å². The molecule has 126 valence electrons. The summed E-state index contributed by atoms with van der Waals surface area (Å²) in [5, 5.41) is 4.16. The first-order chi connectivity index (χ1) is 11.7. The fourth-order valence-corrected chi connectivity index (χ4v) is 2.24. The van der Waals surface area contributed by atoms with Gasteiger partial charge in [0.2, 0.25) is 0 Å². The summed E-state index contributed by atoms with van der Waals surface area (Å²) >= 11 is 0. The monoisotopic (exact) mass is 326 g/mol. The predicted octanol–water partition coefficient (Wildman–Crippen LogP) is 3.31. The molecule has 1 amide bonds. The van der Waals surface area contributed by atoms with Crippen molar-refractivity contribution in [1.29, 1.82) is 0 Å². The first kappa shape index (κ1) is 17.7. The summed E-state index contributed by atoms with van der Waals surface area (Å²) in [6, 6.07) is 16.9. The van der Waals surface area contributed by atoms with Gasteiger partial charge >= 0.3 is 0 Å². The Hall–Kier alpha value is -2.66. The van der Waals surface area contributed by atoms with Crippen LogP contribution >= 0.6 is 0 Å². The summed E-state index contributed by atoms with van der Waals surface area (Å²) in [6.45, 7) is 4.40. The summed E-state index contributed by atoms with van der Waals surface area (Å²) in [7, 11) is 1.50. The Balaban J connectivity index is 2.04. The van der Waals surface area contributed by atoms with Gasteiger partial charge in [0.1, 0.15) is 5.75 Å². The molecule has 0 spiro atoms. The number of methoxy groups -OCH3 is 1. The highest BCUT2D eigenvalue weighted by Gasteiger charge is 2.19. The molecule has 0 heterocycles. The lowest BCUT2D eigenvalue weighted by atomic mass is 10.1. The Kier molecular flexibility index (Phi) is 6.51. The average Bonchev–Trinajstić information content (AvgIpc) is 2.62. The second kappa shape index (κ2) is 8.84. The fourth-order valence-electron chi connectivity index (χ4n) is 2.24. The highest BCUT2D eigenvalue weighted by atomic mass is 16.5. The third-order valence-corrected chi connectivity index (χ3v) is 3.49. The molecule has 24 heavy (non-hydrogen) atoms. The van der Waals surface area contributed by atoms with Crippen LogP contribution in [-0.4, -0.2) is 25.3 Å². The number of hydrogen-bond donors (Lipinski definition) is 1. The molecule has 0 saturated carbocycles. The molecule has 0 aliphatic carbocycles. The van der Waals surface area contributed by atoms with Gasteiger partial charge in [-0.25, -0.2) is 5.43 Å². The van der Waals surface area contributed by atoms with E-state index in [1.165, 1.54) is 7.11 Å². The summed E-state index contributed by atoms with van der Waals surface area (Å²) < 4.78 is 10.7. The van der Waals surface area contributed by atoms with Gasteiger partial charge in [-0.15, -0.1) is 0 Å². The van der Waals surface area contributed by atoms with Gasteiger partial charge in [0.15, 0.2) is 6.10 Å². The molecule has 2 aromatic carbocycles. The van der Waals surface area contributed by atoms with Gasteiger partial charge in [0.25, 0.3) is 5.91 Å². The Morgan fingerprint density at radius 1 is 1.12 bits per heavy atom. The third kappa shape index (κ3) is 4.67. The zero-order valence-corrected chi connectivity index (χ0v) is 14.2. The zero-order chi connectivity index (χ0) is 17.4. The van der Waals surface area contributed by atoms with E-state index in [4.69, 9.17) is 9.47 Å². The van der Waals surface area contributed by atoms with Gasteiger partial charge in [0, 0.05) is 7.11 Å². The van der Waals surface area contributed by atoms with E-state index in [1.54, 1.807) is 0 Å². The zero-order valence-electron chi connectivity index (χ0n) is 14.2. The number of nitrogens with zero attached hydrogens (tertiary/aromatic N) is 1. The highest BCUT2D eigenvalue weighted by Crippen LogP contribution is 2.16. The molecule has 2 aromatic rings. The van der Waals surface area contributed by atoms with Gasteiger partial charge in [-0.1, -0.05) is 30.3 Å². The number of hydrazone groups is 1. The summed E-state index contributed by atoms with van der Waals surface area (Å²) in [5.74, 6) is 0.496. The Labute approximate surface area is 142 Å². The third-order valence-electron chi connectivity index (χ3n) is 3.49. The smallest absolute Gasteiger partial charge is 0.273 e. The number of rotatable bonds is 7. The molecule has 2 rings (SSSR count). The largest absolute Gasteiger partial charge is 0.494 e. The van der Waals surface area contributed by atoms with Crippen molar-refractivity contribution in [3.63, 3.8) is 0 Å². The maximum absolute atomic E-state index is 12.3. The van der Waals surface area contributed by atoms with E-state index in [0.717, 1.165) is 16.9 Å². The molecule has 5 nitrogen and oxygen atoms in total. The SMILES string of the molecule is CCOc1ccc(/C(C)=N/NC(=O)C(OC)c2ccccc2)cc1. The van der Waals surface area contributed by atoms with Crippen LogP contribution in [0.15, 0.2) is 59.7 Å². The van der Waals surface area contributed by atoms with Crippen molar-refractivity contribution in [3.05, 3.63) is 65.7 Å². The second-order valence-corrected chi connectivity index (χ2v) is 5.16. The number of nitrogens with one attached hydrogen (secondary N) is 1. The minimum absolute atomic E-state index is 0.311. The maximum atomic E-state index is 12.3. The summed E-state index contributed by atoms with van der Waals surface area (Å²) in [6.07, 6.45) is -0.692. The summed E-state index contributed by atoms with van der Waals surface area (Å²) in [4.78, 5) is 12.3. The molecule has 0 fully saturated rings. The van der Waals surface area contributed by atoms with Crippen LogP contribution in [0.5, 0.6) is 5.75 Å². The van der Waals surface area contributed by atoms with Crippen LogP contribution in [0, 0.1) is 0 Å². The van der Waals surface area contributed by atoms with E-state index in [2.05, 4.69) is 10.5 Å². The lowest BCUT2D eigenvalue weighted by Crippen LogP contribution is -2.27. The number of carbonyl (C=O) groups is 1. The number of amides is 1. The van der Waals surface area contributed by atoms with Crippen LogP contribution < -0.4 is 10.2 Å². The lowest BCUT2D eigenvalue weighted by Gasteiger charge is -2.14. The van der Waals surface area contributed by atoms with Crippen molar-refractivity contribution in [2.24, 2.45) is 5.10 Å². The molecule has 0 aliphatic heterocycles. The number of benzene rings is 2. The molecule has 1 atom stereocenters. The summed E-state index contributed by atoms with van der Waals surface area (Å²) in [5.41, 5.74) is 4.96. The van der Waals surface area contributed by atoms with Crippen molar-refractivity contribution < 1.29 is 14.3 Å². The quantitative estimate of drug-likeness (QED) is 0.627. The molecule has 1 unspecified atom stereocenters. The Morgan fingerprint density at radius 2 is 1.79 bits per heavy atom. The van der Waals surface area contributed by atoms with E-state index in [0.29, 0.717) is 12.3 Å². The van der Waals surface area contributed by atoms with Crippen LogP contribution in [0.2, 0.25) is 0 Å². The van der Waals surface area contributed by atoms with E-state index in [1.807, 2.05) is 68.4 Å². The van der Waals surface area contributed by atoms with Crippen LogP contribution in [-0.2, 0) is 9.53 Å². The fraction of sp³-hybridized carbons (Fsp3) is 0.263. The molecular formula is C19H22N2O3. The second-order valence-electron chi connectivity index (χ2n) is 5.16. The molecule has 5 heteroatoms. The topological polar surface area (TPSA) is 59.9 Å². The molecule has 0 aliphatic rings. The van der Waals surface area contributed by atoms with Crippen LogP contribution in [0.4, 0.5) is 0 Å². The van der Waals surface area contributed by atoms with Crippen molar-refractivity contribution in [2.75, 3.05) is 13.7 Å². The Morgan fingerprint density at radius 3 is 2.38 bits per heavy atom. The van der Waals surface area contributed by atoms with Crippen molar-refractivity contribution in [1.82, 2.24) is 5.43 Å². The van der Waals surface area contributed by atoms with Gasteiger partial charge in [-0.3, -0.25) is 4.79 Å². The van der Waals surface area contributed by atoms with Crippen molar-refractivity contribution >= 4 is 11.6 Å². The van der Waals surface area contributed by atoms with E-state index < -0.39 is 6.10 Å². The van der Waals surface area contributed by atoms with E-state index in [-0.39, 0.29) is 5.91 Å². The van der Waals surface area contributed by atoms with Crippen LogP contribution in [0.1, 0.15) is 31.1 Å². The highest BCUT2D eigenvalue weighted by molar-refractivity contribution is 5.99. The van der Waals surface area contributed by atoms with Gasteiger partial charge < -0.3 is 9.47 Å².